The molecule has 3 aliphatic heterocycles. The van der Waals surface area contributed by atoms with Crippen LogP contribution in [0.25, 0.3) is 17.2 Å². The van der Waals surface area contributed by atoms with E-state index in [9.17, 15) is 14.7 Å². The Morgan fingerprint density at radius 1 is 1.02 bits per heavy atom. The van der Waals surface area contributed by atoms with Crippen LogP contribution in [0.5, 0.6) is 5.75 Å². The summed E-state index contributed by atoms with van der Waals surface area (Å²) in [5, 5.41) is 13.2. The zero-order chi connectivity index (χ0) is 31.8. The summed E-state index contributed by atoms with van der Waals surface area (Å²) in [6, 6.07) is 24.0. The number of hydrogen-bond acceptors (Lipinski definition) is 5. The summed E-state index contributed by atoms with van der Waals surface area (Å²) in [5.41, 5.74) is 4.28. The lowest BCUT2D eigenvalue weighted by Gasteiger charge is -2.48. The number of rotatable bonds is 11. The predicted octanol–water partition coefficient (Wildman–Crippen LogP) is 7.48. The van der Waals surface area contributed by atoms with Crippen molar-refractivity contribution in [3.8, 4) is 16.9 Å². The molecule has 0 aromatic heterocycles. The van der Waals surface area contributed by atoms with Gasteiger partial charge in [-0.15, -0.1) is 0 Å². The molecule has 2 amide bonds. The van der Waals surface area contributed by atoms with Crippen molar-refractivity contribution in [2.24, 2.45) is 5.92 Å². The van der Waals surface area contributed by atoms with Crippen LogP contribution >= 0.6 is 0 Å². The monoisotopic (exact) mass is 611 g/mol. The number of nitrogens with one attached hydrogen (secondary N) is 1. The number of carboxylic acid groups (broad SMARTS) is 1. The van der Waals surface area contributed by atoms with Gasteiger partial charge in [0.05, 0.1) is 18.3 Å². The SMILES string of the molecule is CC(C)(C)OC(=O)NCCc1ccc(OCCC=Cc2ccc(N(C(=O)O)[C@H]3CN4CCC3CC4)c(-c3ccccc3)c2)cc1. The van der Waals surface area contributed by atoms with Gasteiger partial charge in [0.1, 0.15) is 11.4 Å². The van der Waals surface area contributed by atoms with Crippen LogP contribution in [0.2, 0.25) is 0 Å². The van der Waals surface area contributed by atoms with Crippen molar-refractivity contribution in [1.82, 2.24) is 10.2 Å². The standard InChI is InChI=1S/C37H45N3O5/c1-37(2,3)45-35(41)38-21-18-27-12-15-31(16-13-27)44-24-8-7-9-28-14-17-33(32(25-28)29-10-5-4-6-11-29)40(36(42)43)34-26-39-22-19-30(34)20-23-39/h4-7,9-17,25,30,34H,8,18-24,26H2,1-3H3,(H,38,41)(H,42,43)/t34-/m0/s1. The highest BCUT2D eigenvalue weighted by molar-refractivity contribution is 5.94. The van der Waals surface area contributed by atoms with Crippen LogP contribution in [-0.2, 0) is 11.2 Å². The second-order valence-electron chi connectivity index (χ2n) is 12.9. The van der Waals surface area contributed by atoms with Gasteiger partial charge in [0, 0.05) is 18.7 Å². The van der Waals surface area contributed by atoms with Gasteiger partial charge in [-0.3, -0.25) is 4.90 Å². The molecule has 0 radical (unpaired) electrons. The molecule has 6 rings (SSSR count). The number of anilines is 1. The van der Waals surface area contributed by atoms with Gasteiger partial charge in [0.2, 0.25) is 0 Å². The minimum atomic E-state index is -0.892. The first kappa shape index (κ1) is 32.1. The molecule has 8 nitrogen and oxygen atoms in total. The zero-order valence-corrected chi connectivity index (χ0v) is 26.6. The van der Waals surface area contributed by atoms with Gasteiger partial charge >= 0.3 is 12.2 Å². The average Bonchev–Trinajstić information content (AvgIpc) is 3.02. The number of benzene rings is 3. The van der Waals surface area contributed by atoms with Gasteiger partial charge in [0.15, 0.2) is 0 Å². The van der Waals surface area contributed by atoms with E-state index in [-0.39, 0.29) is 6.04 Å². The van der Waals surface area contributed by atoms with E-state index in [2.05, 4.69) is 28.4 Å². The largest absolute Gasteiger partial charge is 0.493 e. The third kappa shape index (κ3) is 8.88. The number of carbonyl (C=O) groups excluding carboxylic acids is 1. The van der Waals surface area contributed by atoms with Crippen LogP contribution in [0.15, 0.2) is 78.9 Å². The minimum absolute atomic E-state index is 0.0334. The fourth-order valence-electron chi connectivity index (χ4n) is 6.21. The summed E-state index contributed by atoms with van der Waals surface area (Å²) in [4.78, 5) is 28.5. The highest BCUT2D eigenvalue weighted by Crippen LogP contribution is 2.38. The lowest BCUT2D eigenvalue weighted by Crippen LogP contribution is -2.58. The third-order valence-electron chi connectivity index (χ3n) is 8.39. The number of ether oxygens (including phenoxy) is 2. The molecule has 8 heteroatoms. The van der Waals surface area contributed by atoms with Crippen molar-refractivity contribution in [3.05, 3.63) is 90.0 Å². The van der Waals surface area contributed by atoms with Crippen LogP contribution in [0.4, 0.5) is 15.3 Å². The van der Waals surface area contributed by atoms with E-state index in [1.807, 2.05) is 87.5 Å². The Morgan fingerprint density at radius 3 is 2.40 bits per heavy atom. The highest BCUT2D eigenvalue weighted by Gasteiger charge is 2.40. The third-order valence-corrected chi connectivity index (χ3v) is 8.39. The van der Waals surface area contributed by atoms with Crippen LogP contribution < -0.4 is 15.0 Å². The van der Waals surface area contributed by atoms with Gasteiger partial charge in [-0.05, 0) is 106 Å². The number of amides is 2. The molecule has 2 N–H and O–H groups in total. The second kappa shape index (κ2) is 14.7. The Labute approximate surface area is 266 Å². The van der Waals surface area contributed by atoms with Crippen LogP contribution in [0.1, 0.15) is 51.2 Å². The van der Waals surface area contributed by atoms with E-state index in [0.717, 1.165) is 72.6 Å². The number of piperidine rings is 3. The molecule has 0 spiro atoms. The first-order valence-electron chi connectivity index (χ1n) is 16.0. The van der Waals surface area contributed by atoms with E-state index in [4.69, 9.17) is 9.47 Å². The van der Waals surface area contributed by atoms with Gasteiger partial charge in [-0.2, -0.15) is 0 Å². The first-order chi connectivity index (χ1) is 21.7. The predicted molar refractivity (Wildman–Crippen MR) is 179 cm³/mol. The maximum atomic E-state index is 12.7. The molecule has 0 saturated carbocycles. The van der Waals surface area contributed by atoms with E-state index in [0.29, 0.717) is 25.5 Å². The molecule has 3 aliphatic rings. The minimum Gasteiger partial charge on any atom is -0.493 e. The Morgan fingerprint density at radius 2 is 1.76 bits per heavy atom. The first-order valence-corrected chi connectivity index (χ1v) is 16.0. The van der Waals surface area contributed by atoms with Crippen LogP contribution in [0, 0.1) is 5.92 Å². The van der Waals surface area contributed by atoms with E-state index >= 15 is 0 Å². The molecule has 238 valence electrons. The number of nitrogens with zero attached hydrogens (tertiary/aromatic N) is 2. The van der Waals surface area contributed by atoms with Crippen molar-refractivity contribution in [1.29, 1.82) is 0 Å². The Kier molecular flexibility index (Phi) is 10.5. The number of fused-ring (bicyclic) bond motifs is 3. The molecule has 45 heavy (non-hydrogen) atoms. The summed E-state index contributed by atoms with van der Waals surface area (Å²) in [5.74, 6) is 1.19. The number of alkyl carbamates (subject to hydrolysis) is 1. The van der Waals surface area contributed by atoms with Crippen LogP contribution in [0.3, 0.4) is 0 Å². The second-order valence-corrected chi connectivity index (χ2v) is 12.9. The number of carbonyl (C=O) groups is 2. The van der Waals surface area contributed by atoms with Gasteiger partial charge in [-0.25, -0.2) is 9.59 Å². The molecule has 3 aromatic rings. The smallest absolute Gasteiger partial charge is 0.412 e. The molecule has 0 unspecified atom stereocenters. The molecule has 3 saturated heterocycles. The highest BCUT2D eigenvalue weighted by atomic mass is 16.6. The molecule has 3 fully saturated rings. The average molecular weight is 612 g/mol. The molecule has 3 heterocycles. The fraction of sp³-hybridized carbons (Fsp3) is 0.405. The number of hydrogen-bond donors (Lipinski definition) is 2. The summed E-state index contributed by atoms with van der Waals surface area (Å²) >= 11 is 0. The molecule has 0 aliphatic carbocycles. The van der Waals surface area contributed by atoms with E-state index in [1.165, 1.54) is 0 Å². The lowest BCUT2D eigenvalue weighted by atomic mass is 9.82. The molecule has 3 aromatic carbocycles. The van der Waals surface area contributed by atoms with Gasteiger partial charge in [-0.1, -0.05) is 60.7 Å². The maximum absolute atomic E-state index is 12.7. The molecule has 1 atom stereocenters. The normalized spacial score (nSPS) is 19.3. The Bertz CT molecular complexity index is 1460. The van der Waals surface area contributed by atoms with Gasteiger partial charge in [0.25, 0.3) is 0 Å². The van der Waals surface area contributed by atoms with Crippen molar-refractivity contribution < 1.29 is 24.2 Å². The quantitative estimate of drug-likeness (QED) is 0.219. The summed E-state index contributed by atoms with van der Waals surface area (Å²) in [6.07, 6.45) is 6.39. The lowest BCUT2D eigenvalue weighted by molar-refractivity contribution is 0.0528. The van der Waals surface area contributed by atoms with E-state index in [1.54, 1.807) is 4.90 Å². The van der Waals surface area contributed by atoms with Crippen molar-refractivity contribution in [2.45, 2.75) is 58.1 Å². The van der Waals surface area contributed by atoms with Crippen molar-refractivity contribution in [2.75, 3.05) is 37.7 Å². The van der Waals surface area contributed by atoms with Crippen molar-refractivity contribution >= 4 is 23.9 Å². The maximum Gasteiger partial charge on any atom is 0.412 e. The summed E-state index contributed by atoms with van der Waals surface area (Å²) < 4.78 is 11.2. The molecule has 2 bridgehead atoms. The molecular formula is C37H45N3O5. The topological polar surface area (TPSA) is 91.3 Å². The van der Waals surface area contributed by atoms with Crippen molar-refractivity contribution in [3.63, 3.8) is 0 Å². The Hall–Kier alpha value is -4.30. The van der Waals surface area contributed by atoms with E-state index < -0.39 is 17.8 Å². The zero-order valence-electron chi connectivity index (χ0n) is 26.6. The van der Waals surface area contributed by atoms with Gasteiger partial charge < -0.3 is 24.8 Å². The summed E-state index contributed by atoms with van der Waals surface area (Å²) in [7, 11) is 0. The fourth-order valence-corrected chi connectivity index (χ4v) is 6.21. The molecular weight excluding hydrogens is 566 g/mol. The Balaban J connectivity index is 1.18. The van der Waals surface area contributed by atoms with Crippen LogP contribution in [-0.4, -0.2) is 66.6 Å². The summed E-state index contributed by atoms with van der Waals surface area (Å²) in [6.45, 7) is 9.48.